The summed E-state index contributed by atoms with van der Waals surface area (Å²) in [4.78, 5) is 24.1. The summed E-state index contributed by atoms with van der Waals surface area (Å²) in [5.41, 5.74) is -0.0814. The molecule has 126 valence electrons. The van der Waals surface area contributed by atoms with E-state index in [2.05, 4.69) is 19.2 Å². The number of carboxylic acids is 1. The van der Waals surface area contributed by atoms with E-state index in [1.165, 1.54) is 0 Å². The van der Waals surface area contributed by atoms with Crippen LogP contribution in [0.4, 0.5) is 0 Å². The maximum atomic E-state index is 12.5. The highest BCUT2D eigenvalue weighted by Crippen LogP contribution is 2.29. The zero-order valence-electron chi connectivity index (χ0n) is 13.7. The highest BCUT2D eigenvalue weighted by atomic mass is 16.5. The van der Waals surface area contributed by atoms with Gasteiger partial charge in [0.15, 0.2) is 0 Å². The zero-order valence-corrected chi connectivity index (χ0v) is 13.7. The summed E-state index contributed by atoms with van der Waals surface area (Å²) in [6.45, 7) is 4.87. The Hall–Kier alpha value is -1.88. The molecule has 0 saturated carbocycles. The van der Waals surface area contributed by atoms with E-state index in [1.807, 2.05) is 30.3 Å². The average Bonchev–Trinajstić information content (AvgIpc) is 2.54. The molecule has 1 atom stereocenters. The minimum atomic E-state index is -1.19. The number of hydrogen-bond acceptors (Lipinski definition) is 3. The summed E-state index contributed by atoms with van der Waals surface area (Å²) in [6, 6.07) is 9.89. The number of hydrogen-bond donors (Lipinski definition) is 2. The van der Waals surface area contributed by atoms with E-state index in [0.717, 1.165) is 5.56 Å². The Morgan fingerprint density at radius 2 is 1.83 bits per heavy atom. The van der Waals surface area contributed by atoms with Crippen LogP contribution < -0.4 is 5.32 Å². The predicted octanol–water partition coefficient (Wildman–Crippen LogP) is 2.57. The van der Waals surface area contributed by atoms with Crippen LogP contribution in [0.1, 0.15) is 44.6 Å². The second kappa shape index (κ2) is 7.59. The van der Waals surface area contributed by atoms with E-state index in [1.54, 1.807) is 0 Å². The topological polar surface area (TPSA) is 75.6 Å². The summed E-state index contributed by atoms with van der Waals surface area (Å²) in [5, 5.41) is 12.3. The van der Waals surface area contributed by atoms with Crippen LogP contribution in [0, 0.1) is 5.92 Å². The lowest BCUT2D eigenvalue weighted by Gasteiger charge is -2.34. The first-order chi connectivity index (χ1) is 10.9. The quantitative estimate of drug-likeness (QED) is 0.845. The summed E-state index contributed by atoms with van der Waals surface area (Å²) in [6.07, 6.45) is 0.912. The second-order valence-electron chi connectivity index (χ2n) is 6.51. The van der Waals surface area contributed by atoms with Gasteiger partial charge in [-0.25, -0.2) is 4.79 Å². The SMILES string of the molecule is CC(C)C(CC(=O)NC1(C(=O)O)CCOCC1)c1ccccc1. The van der Waals surface area contributed by atoms with E-state index < -0.39 is 11.5 Å². The Labute approximate surface area is 137 Å². The number of rotatable bonds is 6. The Kier molecular flexibility index (Phi) is 5.77. The van der Waals surface area contributed by atoms with Crippen molar-refractivity contribution in [2.24, 2.45) is 5.92 Å². The fourth-order valence-electron chi connectivity index (χ4n) is 3.07. The van der Waals surface area contributed by atoms with Gasteiger partial charge >= 0.3 is 5.97 Å². The van der Waals surface area contributed by atoms with Crippen LogP contribution in [0.3, 0.4) is 0 Å². The molecule has 1 aromatic carbocycles. The molecule has 2 N–H and O–H groups in total. The van der Waals surface area contributed by atoms with Crippen molar-refractivity contribution < 1.29 is 19.4 Å². The minimum Gasteiger partial charge on any atom is -0.480 e. The molecule has 1 unspecified atom stereocenters. The van der Waals surface area contributed by atoms with Crippen molar-refractivity contribution in [1.29, 1.82) is 0 Å². The molecule has 1 aromatic rings. The first-order valence-corrected chi connectivity index (χ1v) is 8.12. The molecule has 1 fully saturated rings. The first-order valence-electron chi connectivity index (χ1n) is 8.12. The van der Waals surface area contributed by atoms with Gasteiger partial charge in [-0.1, -0.05) is 44.2 Å². The van der Waals surface area contributed by atoms with E-state index >= 15 is 0 Å². The van der Waals surface area contributed by atoms with Gasteiger partial charge in [0.1, 0.15) is 5.54 Å². The second-order valence-corrected chi connectivity index (χ2v) is 6.51. The van der Waals surface area contributed by atoms with E-state index in [-0.39, 0.29) is 18.2 Å². The molecule has 1 saturated heterocycles. The Morgan fingerprint density at radius 1 is 1.22 bits per heavy atom. The van der Waals surface area contributed by atoms with Crippen molar-refractivity contribution in [2.75, 3.05) is 13.2 Å². The third-order valence-corrected chi connectivity index (χ3v) is 4.57. The van der Waals surface area contributed by atoms with Crippen LogP contribution in [0.5, 0.6) is 0 Å². The molecule has 1 aliphatic rings. The lowest BCUT2D eigenvalue weighted by atomic mass is 9.84. The molecule has 23 heavy (non-hydrogen) atoms. The summed E-state index contributed by atoms with van der Waals surface area (Å²) in [7, 11) is 0. The lowest BCUT2D eigenvalue weighted by Crippen LogP contribution is -2.57. The van der Waals surface area contributed by atoms with Crippen LogP contribution in [0.25, 0.3) is 0 Å². The van der Waals surface area contributed by atoms with Crippen LogP contribution in [0.2, 0.25) is 0 Å². The molecule has 0 radical (unpaired) electrons. The normalized spacial score (nSPS) is 18.4. The molecule has 2 rings (SSSR count). The molecule has 1 heterocycles. The van der Waals surface area contributed by atoms with Gasteiger partial charge in [0.05, 0.1) is 0 Å². The average molecular weight is 319 g/mol. The highest BCUT2D eigenvalue weighted by Gasteiger charge is 2.41. The molecule has 5 nitrogen and oxygen atoms in total. The summed E-state index contributed by atoms with van der Waals surface area (Å²) >= 11 is 0. The fourth-order valence-corrected chi connectivity index (χ4v) is 3.07. The van der Waals surface area contributed by atoms with Gasteiger partial charge in [0, 0.05) is 32.5 Å². The summed E-state index contributed by atoms with van der Waals surface area (Å²) in [5.74, 6) is -0.827. The van der Waals surface area contributed by atoms with Crippen molar-refractivity contribution in [3.8, 4) is 0 Å². The lowest BCUT2D eigenvalue weighted by molar-refractivity contribution is -0.152. The highest BCUT2D eigenvalue weighted by molar-refractivity contribution is 5.87. The molecule has 5 heteroatoms. The minimum absolute atomic E-state index is 0.0712. The van der Waals surface area contributed by atoms with Gasteiger partial charge in [-0.2, -0.15) is 0 Å². The molecular formula is C18H25NO4. The number of aliphatic carboxylic acids is 1. The number of carbonyl (C=O) groups excluding carboxylic acids is 1. The van der Waals surface area contributed by atoms with E-state index in [9.17, 15) is 14.7 Å². The zero-order chi connectivity index (χ0) is 16.9. The van der Waals surface area contributed by atoms with E-state index in [4.69, 9.17) is 4.74 Å². The third-order valence-electron chi connectivity index (χ3n) is 4.57. The standard InChI is InChI=1S/C18H25NO4/c1-13(2)15(14-6-4-3-5-7-14)12-16(20)19-18(17(21)22)8-10-23-11-9-18/h3-7,13,15H,8-12H2,1-2H3,(H,19,20)(H,21,22). The first kappa shape index (κ1) is 17.5. The maximum Gasteiger partial charge on any atom is 0.329 e. The predicted molar refractivity (Wildman–Crippen MR) is 87.2 cm³/mol. The van der Waals surface area contributed by atoms with Gasteiger partial charge in [0.2, 0.25) is 5.91 Å². The van der Waals surface area contributed by atoms with Gasteiger partial charge in [-0.15, -0.1) is 0 Å². The Bertz CT molecular complexity index is 535. The smallest absolute Gasteiger partial charge is 0.329 e. The van der Waals surface area contributed by atoms with Crippen LogP contribution in [0.15, 0.2) is 30.3 Å². The van der Waals surface area contributed by atoms with Crippen molar-refractivity contribution in [2.45, 2.75) is 44.6 Å². The largest absolute Gasteiger partial charge is 0.480 e. The van der Waals surface area contributed by atoms with Crippen LogP contribution in [-0.2, 0) is 14.3 Å². The number of carboxylic acid groups (broad SMARTS) is 1. The van der Waals surface area contributed by atoms with Crippen molar-refractivity contribution in [3.05, 3.63) is 35.9 Å². The van der Waals surface area contributed by atoms with Gasteiger partial charge in [-0.3, -0.25) is 4.79 Å². The number of ether oxygens (including phenoxy) is 1. The molecule has 1 aliphatic heterocycles. The molecule has 0 aliphatic carbocycles. The maximum absolute atomic E-state index is 12.5. The Balaban J connectivity index is 2.08. The van der Waals surface area contributed by atoms with Crippen molar-refractivity contribution in [3.63, 3.8) is 0 Å². The van der Waals surface area contributed by atoms with Crippen molar-refractivity contribution >= 4 is 11.9 Å². The molecule has 0 aromatic heterocycles. The van der Waals surface area contributed by atoms with Gasteiger partial charge in [-0.05, 0) is 17.4 Å². The number of benzene rings is 1. The third kappa shape index (κ3) is 4.32. The van der Waals surface area contributed by atoms with E-state index in [0.29, 0.717) is 32.0 Å². The van der Waals surface area contributed by atoms with Crippen LogP contribution in [-0.4, -0.2) is 35.7 Å². The van der Waals surface area contributed by atoms with Gasteiger partial charge in [0.25, 0.3) is 0 Å². The summed E-state index contributed by atoms with van der Waals surface area (Å²) < 4.78 is 5.23. The fraction of sp³-hybridized carbons (Fsp3) is 0.556. The Morgan fingerprint density at radius 3 is 2.35 bits per heavy atom. The number of nitrogens with one attached hydrogen (secondary N) is 1. The van der Waals surface area contributed by atoms with Gasteiger partial charge < -0.3 is 15.2 Å². The molecular weight excluding hydrogens is 294 g/mol. The number of carbonyl (C=O) groups is 2. The number of amides is 1. The molecule has 0 bridgehead atoms. The monoisotopic (exact) mass is 319 g/mol. The molecule has 0 spiro atoms. The molecule has 1 amide bonds. The van der Waals surface area contributed by atoms with Crippen molar-refractivity contribution in [1.82, 2.24) is 5.32 Å². The van der Waals surface area contributed by atoms with Crippen LogP contribution >= 0.6 is 0 Å².